The summed E-state index contributed by atoms with van der Waals surface area (Å²) >= 11 is 0. The molecule has 1 unspecified atom stereocenters. The van der Waals surface area contributed by atoms with Gasteiger partial charge in [-0.15, -0.1) is 0 Å². The molecule has 0 bridgehead atoms. The van der Waals surface area contributed by atoms with Crippen LogP contribution in [-0.4, -0.2) is 43.5 Å². The Balaban J connectivity index is 2.40. The topological polar surface area (TPSA) is 81.7 Å². The molecule has 0 spiro atoms. The molecule has 0 saturated carbocycles. The monoisotopic (exact) mass is 447 g/mol. The number of rotatable bonds is 17. The van der Waals surface area contributed by atoms with Crippen molar-refractivity contribution in [3.05, 3.63) is 35.9 Å². The smallest absolute Gasteiger partial charge is 0.323 e. The van der Waals surface area contributed by atoms with E-state index < -0.39 is 11.5 Å². The molecule has 32 heavy (non-hydrogen) atoms. The molecule has 0 heterocycles. The number of Topliss-reactive ketones (excluding diaryl/α,β-unsaturated/α-hetero) is 1. The average molecular weight is 448 g/mol. The summed E-state index contributed by atoms with van der Waals surface area (Å²) in [5.74, 6) is -0.246. The van der Waals surface area contributed by atoms with E-state index in [1.54, 1.807) is 13.8 Å². The second-order valence-electron chi connectivity index (χ2n) is 8.74. The van der Waals surface area contributed by atoms with E-state index in [0.717, 1.165) is 31.2 Å². The van der Waals surface area contributed by atoms with Gasteiger partial charge in [-0.05, 0) is 38.7 Å². The highest BCUT2D eigenvalue weighted by Crippen LogP contribution is 2.24. The Kier molecular flexibility index (Phi) is 13.5. The van der Waals surface area contributed by atoms with Gasteiger partial charge < -0.3 is 14.8 Å². The lowest BCUT2D eigenvalue weighted by molar-refractivity contribution is -0.146. The van der Waals surface area contributed by atoms with Gasteiger partial charge >= 0.3 is 11.9 Å². The third kappa shape index (κ3) is 11.4. The molecule has 6 heteroatoms. The normalized spacial score (nSPS) is 12.2. The number of carbonyl (C=O) groups is 3. The van der Waals surface area contributed by atoms with Crippen molar-refractivity contribution >= 4 is 17.7 Å². The third-order valence-electron chi connectivity index (χ3n) is 5.49. The fraction of sp³-hybridized carbons (Fsp3) is 0.654. The van der Waals surface area contributed by atoms with Crippen molar-refractivity contribution in [3.8, 4) is 0 Å². The van der Waals surface area contributed by atoms with Crippen molar-refractivity contribution in [1.29, 1.82) is 0 Å². The first-order chi connectivity index (χ1) is 15.3. The van der Waals surface area contributed by atoms with E-state index >= 15 is 0 Å². The lowest BCUT2D eigenvalue weighted by atomic mass is 9.80. The van der Waals surface area contributed by atoms with E-state index in [-0.39, 0.29) is 17.7 Å². The first-order valence-corrected chi connectivity index (χ1v) is 11.9. The number of esters is 2. The highest BCUT2D eigenvalue weighted by atomic mass is 16.5. The van der Waals surface area contributed by atoms with Crippen LogP contribution in [0.15, 0.2) is 30.3 Å². The molecule has 0 aliphatic heterocycles. The quantitative estimate of drug-likeness (QED) is 0.277. The summed E-state index contributed by atoms with van der Waals surface area (Å²) in [6, 6.07) is 9.60. The van der Waals surface area contributed by atoms with Crippen LogP contribution in [0.25, 0.3) is 0 Å². The van der Waals surface area contributed by atoms with Crippen LogP contribution in [0, 0.1) is 5.41 Å². The van der Waals surface area contributed by atoms with Gasteiger partial charge in [0, 0.05) is 24.8 Å². The summed E-state index contributed by atoms with van der Waals surface area (Å²) in [5.41, 5.74) is 0.688. The molecule has 0 aromatic heterocycles. The van der Waals surface area contributed by atoms with Gasteiger partial charge in [0.2, 0.25) is 0 Å². The molecule has 1 N–H and O–H groups in total. The maximum atomic E-state index is 12.8. The maximum absolute atomic E-state index is 12.8. The van der Waals surface area contributed by atoms with Gasteiger partial charge in [0.25, 0.3) is 0 Å². The number of nitrogens with one attached hydrogen (secondary N) is 1. The van der Waals surface area contributed by atoms with Crippen molar-refractivity contribution in [1.82, 2.24) is 5.32 Å². The van der Waals surface area contributed by atoms with Gasteiger partial charge in [0.15, 0.2) is 0 Å². The van der Waals surface area contributed by atoms with Crippen LogP contribution in [0.5, 0.6) is 0 Å². The van der Waals surface area contributed by atoms with Gasteiger partial charge in [-0.3, -0.25) is 14.4 Å². The number of hydrogen-bond acceptors (Lipinski definition) is 6. The standard InChI is InChI=1S/C26H41NO5/c1-5-31-24(29)17-13-8-7-12-16-22(25(30)32-6-2)27-19-18-23(28)26(3,4)20-21-14-10-9-11-15-21/h9-11,14-15,22,27H,5-8,12-13,16-20H2,1-4H3. The van der Waals surface area contributed by atoms with Gasteiger partial charge in [-0.1, -0.05) is 63.4 Å². The van der Waals surface area contributed by atoms with Crippen LogP contribution in [0.2, 0.25) is 0 Å². The van der Waals surface area contributed by atoms with Gasteiger partial charge in [0.1, 0.15) is 11.8 Å². The first-order valence-electron chi connectivity index (χ1n) is 11.9. The van der Waals surface area contributed by atoms with E-state index in [2.05, 4.69) is 5.32 Å². The molecule has 1 atom stereocenters. The molecule has 1 rings (SSSR count). The minimum absolute atomic E-state index is 0.154. The van der Waals surface area contributed by atoms with Crippen LogP contribution in [0.4, 0.5) is 0 Å². The molecule has 0 radical (unpaired) electrons. The fourth-order valence-electron chi connectivity index (χ4n) is 3.65. The van der Waals surface area contributed by atoms with Crippen molar-refractivity contribution in [3.63, 3.8) is 0 Å². The summed E-state index contributed by atoms with van der Waals surface area (Å²) in [7, 11) is 0. The summed E-state index contributed by atoms with van der Waals surface area (Å²) < 4.78 is 10.1. The number of carbonyl (C=O) groups excluding carboxylic acids is 3. The second kappa shape index (κ2) is 15.6. The average Bonchev–Trinajstić information content (AvgIpc) is 2.75. The predicted molar refractivity (Wildman–Crippen MR) is 126 cm³/mol. The molecule has 1 aromatic carbocycles. The lowest BCUT2D eigenvalue weighted by Crippen LogP contribution is -2.40. The summed E-state index contributed by atoms with van der Waals surface area (Å²) in [4.78, 5) is 36.5. The second-order valence-corrected chi connectivity index (χ2v) is 8.74. The van der Waals surface area contributed by atoms with E-state index in [1.807, 2.05) is 44.2 Å². The third-order valence-corrected chi connectivity index (χ3v) is 5.49. The number of ether oxygens (including phenoxy) is 2. The van der Waals surface area contributed by atoms with Crippen molar-refractivity contribution < 1.29 is 23.9 Å². The van der Waals surface area contributed by atoms with Crippen molar-refractivity contribution in [2.24, 2.45) is 5.41 Å². The Bertz CT molecular complexity index is 687. The molecule has 0 aliphatic rings. The molecular weight excluding hydrogens is 406 g/mol. The molecule has 0 aliphatic carbocycles. The number of unbranched alkanes of at least 4 members (excludes halogenated alkanes) is 3. The molecule has 6 nitrogen and oxygen atoms in total. The van der Waals surface area contributed by atoms with Crippen LogP contribution in [0.1, 0.15) is 78.2 Å². The van der Waals surface area contributed by atoms with Crippen LogP contribution < -0.4 is 5.32 Å². The maximum Gasteiger partial charge on any atom is 0.323 e. The first kappa shape index (κ1) is 27.8. The van der Waals surface area contributed by atoms with Crippen molar-refractivity contribution in [2.75, 3.05) is 19.8 Å². The van der Waals surface area contributed by atoms with Gasteiger partial charge in [0.05, 0.1) is 13.2 Å². The molecule has 0 fully saturated rings. The van der Waals surface area contributed by atoms with Gasteiger partial charge in [-0.25, -0.2) is 0 Å². The van der Waals surface area contributed by atoms with Crippen molar-refractivity contribution in [2.45, 2.75) is 85.1 Å². The zero-order chi connectivity index (χ0) is 23.8. The summed E-state index contributed by atoms with van der Waals surface area (Å²) in [5, 5.41) is 3.23. The zero-order valence-corrected chi connectivity index (χ0v) is 20.3. The van der Waals surface area contributed by atoms with Crippen LogP contribution in [0.3, 0.4) is 0 Å². The molecule has 0 amide bonds. The number of hydrogen-bond donors (Lipinski definition) is 1. The highest BCUT2D eigenvalue weighted by molar-refractivity contribution is 5.84. The fourth-order valence-corrected chi connectivity index (χ4v) is 3.65. The number of benzene rings is 1. The lowest BCUT2D eigenvalue weighted by Gasteiger charge is -2.24. The minimum atomic E-state index is -0.457. The van der Waals surface area contributed by atoms with E-state index in [1.165, 1.54) is 0 Å². The Hall–Kier alpha value is -2.21. The van der Waals surface area contributed by atoms with Gasteiger partial charge in [-0.2, -0.15) is 0 Å². The van der Waals surface area contributed by atoms with Crippen LogP contribution >= 0.6 is 0 Å². The Morgan fingerprint density at radius 2 is 1.56 bits per heavy atom. The van der Waals surface area contributed by atoms with E-state index in [0.29, 0.717) is 45.4 Å². The minimum Gasteiger partial charge on any atom is -0.466 e. The Labute approximate surface area is 193 Å². The largest absolute Gasteiger partial charge is 0.466 e. The molecule has 0 saturated heterocycles. The highest BCUT2D eigenvalue weighted by Gasteiger charge is 2.28. The summed E-state index contributed by atoms with van der Waals surface area (Å²) in [6.07, 6.45) is 5.65. The Morgan fingerprint density at radius 1 is 0.906 bits per heavy atom. The SMILES string of the molecule is CCOC(=O)CCCCCCC(NCCC(=O)C(C)(C)Cc1ccccc1)C(=O)OCC. The summed E-state index contributed by atoms with van der Waals surface area (Å²) in [6.45, 7) is 8.74. The van der Waals surface area contributed by atoms with E-state index in [4.69, 9.17) is 9.47 Å². The predicted octanol–water partition coefficient (Wildman–Crippen LogP) is 4.64. The zero-order valence-electron chi connectivity index (χ0n) is 20.3. The van der Waals surface area contributed by atoms with E-state index in [9.17, 15) is 14.4 Å². The Morgan fingerprint density at radius 3 is 2.22 bits per heavy atom. The number of ketones is 1. The molecular formula is C26H41NO5. The molecule has 1 aromatic rings. The molecule has 180 valence electrons. The van der Waals surface area contributed by atoms with Crippen LogP contribution in [-0.2, 0) is 30.3 Å².